The van der Waals surface area contributed by atoms with Crippen LogP contribution in [-0.4, -0.2) is 17.6 Å². The van der Waals surface area contributed by atoms with Gasteiger partial charge in [0.15, 0.2) is 0 Å². The molecule has 1 amide bonds. The Hall–Kier alpha value is -2.64. The molecule has 4 heteroatoms. The first kappa shape index (κ1) is 15.3. The van der Waals surface area contributed by atoms with Crippen molar-refractivity contribution in [3.05, 3.63) is 71.3 Å². The normalized spacial score (nSPS) is 16.2. The summed E-state index contributed by atoms with van der Waals surface area (Å²) in [4.78, 5) is 12.3. The Kier molecular flexibility index (Phi) is 4.14. The van der Waals surface area contributed by atoms with Gasteiger partial charge in [-0.1, -0.05) is 42.5 Å². The van der Waals surface area contributed by atoms with E-state index >= 15 is 0 Å². The smallest absolute Gasteiger partial charge is 0.251 e. The molecule has 3 rings (SSSR count). The Labute approximate surface area is 135 Å². The Bertz CT molecular complexity index is 728. The fraction of sp³-hybridized carbons (Fsp3) is 0.263. The van der Waals surface area contributed by atoms with Gasteiger partial charge < -0.3 is 10.4 Å². The molecule has 0 aliphatic heterocycles. The molecule has 2 aromatic rings. The number of aliphatic hydroxyl groups is 1. The third-order valence-electron chi connectivity index (χ3n) is 4.35. The average Bonchev–Trinajstić information content (AvgIpc) is 3.41. The van der Waals surface area contributed by atoms with Crippen molar-refractivity contribution >= 4 is 5.91 Å². The molecule has 1 aliphatic carbocycles. The van der Waals surface area contributed by atoms with Crippen LogP contribution < -0.4 is 5.32 Å². The molecule has 1 saturated carbocycles. The molecular formula is C19H18N2O2. The second kappa shape index (κ2) is 6.23. The molecule has 1 fully saturated rings. The average molecular weight is 306 g/mol. The van der Waals surface area contributed by atoms with E-state index in [1.54, 1.807) is 12.1 Å². The Morgan fingerprint density at radius 3 is 2.35 bits per heavy atom. The number of benzene rings is 2. The van der Waals surface area contributed by atoms with Gasteiger partial charge >= 0.3 is 0 Å². The van der Waals surface area contributed by atoms with Crippen molar-refractivity contribution < 1.29 is 9.90 Å². The minimum atomic E-state index is -0.433. The minimum absolute atomic E-state index is 0.161. The molecule has 1 aliphatic rings. The number of hydrogen-bond donors (Lipinski definition) is 2. The van der Waals surface area contributed by atoms with Crippen LogP contribution in [0.25, 0.3) is 0 Å². The van der Waals surface area contributed by atoms with Crippen molar-refractivity contribution in [3.63, 3.8) is 0 Å². The number of carbonyl (C=O) groups excluding carboxylic acids is 1. The molecule has 0 spiro atoms. The molecule has 0 heterocycles. The summed E-state index contributed by atoms with van der Waals surface area (Å²) in [6.07, 6.45) is 1.77. The molecular weight excluding hydrogens is 288 g/mol. The van der Waals surface area contributed by atoms with E-state index in [1.165, 1.54) is 0 Å². The quantitative estimate of drug-likeness (QED) is 0.892. The van der Waals surface area contributed by atoms with Crippen LogP contribution >= 0.6 is 0 Å². The molecule has 23 heavy (non-hydrogen) atoms. The Morgan fingerprint density at radius 2 is 1.83 bits per heavy atom. The molecule has 0 bridgehead atoms. The Morgan fingerprint density at radius 1 is 1.17 bits per heavy atom. The lowest BCUT2D eigenvalue weighted by Crippen LogP contribution is -2.30. The predicted molar refractivity (Wildman–Crippen MR) is 86.7 cm³/mol. The van der Waals surface area contributed by atoms with Crippen LogP contribution in [-0.2, 0) is 5.41 Å². The van der Waals surface area contributed by atoms with E-state index in [4.69, 9.17) is 0 Å². The highest BCUT2D eigenvalue weighted by Crippen LogP contribution is 2.47. The fourth-order valence-corrected chi connectivity index (χ4v) is 2.69. The van der Waals surface area contributed by atoms with Crippen molar-refractivity contribution in [2.24, 2.45) is 0 Å². The molecule has 4 nitrogen and oxygen atoms in total. The summed E-state index contributed by atoms with van der Waals surface area (Å²) >= 11 is 0. The van der Waals surface area contributed by atoms with Crippen LogP contribution in [0.15, 0.2) is 54.6 Å². The summed E-state index contributed by atoms with van der Waals surface area (Å²) in [5, 5.41) is 21.6. The predicted octanol–water partition coefficient (Wildman–Crippen LogP) is 2.71. The van der Waals surface area contributed by atoms with Crippen molar-refractivity contribution in [1.82, 2.24) is 5.32 Å². The Balaban J connectivity index is 1.72. The third-order valence-corrected chi connectivity index (χ3v) is 4.35. The summed E-state index contributed by atoms with van der Waals surface area (Å²) in [6.45, 7) is -0.161. The molecule has 2 N–H and O–H groups in total. The van der Waals surface area contributed by atoms with E-state index < -0.39 is 6.04 Å². The van der Waals surface area contributed by atoms with Crippen LogP contribution in [0, 0.1) is 11.3 Å². The van der Waals surface area contributed by atoms with Crippen LogP contribution in [0.1, 0.15) is 40.4 Å². The highest BCUT2D eigenvalue weighted by atomic mass is 16.3. The number of aliphatic hydroxyl groups excluding tert-OH is 1. The standard InChI is InChI=1S/C19H18N2O2/c20-13-19(10-11-19)16-8-6-15(7-9-16)18(23)21-17(12-22)14-4-2-1-3-5-14/h1-9,17,22H,10-12H2,(H,21,23)/t17-/m0/s1. The van der Waals surface area contributed by atoms with Crippen molar-refractivity contribution in [3.8, 4) is 6.07 Å². The van der Waals surface area contributed by atoms with E-state index in [1.807, 2.05) is 42.5 Å². The lowest BCUT2D eigenvalue weighted by molar-refractivity contribution is 0.0916. The van der Waals surface area contributed by atoms with E-state index in [0.717, 1.165) is 24.0 Å². The van der Waals surface area contributed by atoms with Crippen LogP contribution in [0.2, 0.25) is 0 Å². The van der Waals surface area contributed by atoms with Gasteiger partial charge in [-0.15, -0.1) is 0 Å². The van der Waals surface area contributed by atoms with Gasteiger partial charge in [0.1, 0.15) is 0 Å². The number of nitrogens with one attached hydrogen (secondary N) is 1. The lowest BCUT2D eigenvalue weighted by Gasteiger charge is -2.17. The summed E-state index contributed by atoms with van der Waals surface area (Å²) in [5.41, 5.74) is 2.02. The van der Waals surface area contributed by atoms with Gasteiger partial charge in [-0.05, 0) is 36.1 Å². The second-order valence-corrected chi connectivity index (χ2v) is 5.89. The van der Waals surface area contributed by atoms with Gasteiger partial charge in [0.2, 0.25) is 0 Å². The molecule has 0 radical (unpaired) electrons. The maximum atomic E-state index is 12.3. The zero-order valence-corrected chi connectivity index (χ0v) is 12.7. The van der Waals surface area contributed by atoms with E-state index in [-0.39, 0.29) is 17.9 Å². The molecule has 0 saturated heterocycles. The third kappa shape index (κ3) is 3.10. The zero-order valence-electron chi connectivity index (χ0n) is 12.7. The topological polar surface area (TPSA) is 73.1 Å². The molecule has 116 valence electrons. The van der Waals surface area contributed by atoms with Crippen LogP contribution in [0.3, 0.4) is 0 Å². The van der Waals surface area contributed by atoms with E-state index in [0.29, 0.717) is 5.56 Å². The zero-order chi connectivity index (χ0) is 16.3. The van der Waals surface area contributed by atoms with Gasteiger partial charge in [0.25, 0.3) is 5.91 Å². The van der Waals surface area contributed by atoms with Gasteiger partial charge in [-0.25, -0.2) is 0 Å². The van der Waals surface area contributed by atoms with Crippen molar-refractivity contribution in [2.75, 3.05) is 6.61 Å². The van der Waals surface area contributed by atoms with Crippen LogP contribution in [0.4, 0.5) is 0 Å². The van der Waals surface area contributed by atoms with Gasteiger partial charge in [-0.3, -0.25) is 4.79 Å². The molecule has 0 aromatic heterocycles. The van der Waals surface area contributed by atoms with Gasteiger partial charge in [0, 0.05) is 5.56 Å². The first-order chi connectivity index (χ1) is 11.2. The maximum Gasteiger partial charge on any atom is 0.251 e. The first-order valence-corrected chi connectivity index (χ1v) is 7.67. The number of rotatable bonds is 5. The summed E-state index contributed by atoms with van der Waals surface area (Å²) in [6, 6.07) is 18.5. The van der Waals surface area contributed by atoms with E-state index in [9.17, 15) is 15.2 Å². The number of nitrogens with zero attached hydrogens (tertiary/aromatic N) is 1. The number of hydrogen-bond acceptors (Lipinski definition) is 3. The first-order valence-electron chi connectivity index (χ1n) is 7.67. The molecule has 1 atom stereocenters. The molecule has 0 unspecified atom stereocenters. The van der Waals surface area contributed by atoms with Gasteiger partial charge in [-0.2, -0.15) is 5.26 Å². The summed E-state index contributed by atoms with van der Waals surface area (Å²) < 4.78 is 0. The fourth-order valence-electron chi connectivity index (χ4n) is 2.69. The highest BCUT2D eigenvalue weighted by molar-refractivity contribution is 5.94. The number of nitriles is 1. The highest BCUT2D eigenvalue weighted by Gasteiger charge is 2.44. The van der Waals surface area contributed by atoms with Crippen molar-refractivity contribution in [1.29, 1.82) is 5.26 Å². The molecule has 2 aromatic carbocycles. The number of carbonyl (C=O) groups is 1. The second-order valence-electron chi connectivity index (χ2n) is 5.89. The largest absolute Gasteiger partial charge is 0.394 e. The van der Waals surface area contributed by atoms with Crippen LogP contribution in [0.5, 0.6) is 0 Å². The monoisotopic (exact) mass is 306 g/mol. The number of amides is 1. The lowest BCUT2D eigenvalue weighted by atomic mass is 9.96. The van der Waals surface area contributed by atoms with Gasteiger partial charge in [0.05, 0.1) is 24.1 Å². The van der Waals surface area contributed by atoms with Crippen molar-refractivity contribution in [2.45, 2.75) is 24.3 Å². The summed E-state index contributed by atoms with van der Waals surface area (Å²) in [5.74, 6) is -0.235. The minimum Gasteiger partial charge on any atom is -0.394 e. The summed E-state index contributed by atoms with van der Waals surface area (Å²) in [7, 11) is 0. The maximum absolute atomic E-state index is 12.3. The SMILES string of the molecule is N#CC1(c2ccc(C(=O)N[C@@H](CO)c3ccccc3)cc2)CC1. The van der Waals surface area contributed by atoms with E-state index in [2.05, 4.69) is 11.4 Å².